The number of hydrogen-bond donors (Lipinski definition) is 2. The second-order valence-corrected chi connectivity index (χ2v) is 8.40. The standard InChI is InChI=1S/C19H19Cl2F2N3O2/c1-2-12(17(28)26-6-5-18(9-26)8-19(18,22)23)25-16(27)14-7-10-13(24-14)4-3-11(20)15(10)21/h3-4,7,12,24H,2,5-6,8-9H2,1H3,(H,25,27)/t12-,18?/m1/s1. The van der Waals surface area contributed by atoms with Crippen LogP contribution < -0.4 is 5.32 Å². The fraction of sp³-hybridized carbons (Fsp3) is 0.474. The summed E-state index contributed by atoms with van der Waals surface area (Å²) in [7, 11) is 0. The molecule has 2 heterocycles. The van der Waals surface area contributed by atoms with Gasteiger partial charge in [-0.3, -0.25) is 9.59 Å². The molecule has 2 N–H and O–H groups in total. The number of rotatable bonds is 4. The van der Waals surface area contributed by atoms with Gasteiger partial charge in [0.15, 0.2) is 0 Å². The fourth-order valence-corrected chi connectivity index (χ4v) is 4.33. The van der Waals surface area contributed by atoms with Crippen LogP contribution in [0, 0.1) is 5.41 Å². The molecule has 1 aliphatic carbocycles. The Morgan fingerprint density at radius 3 is 2.68 bits per heavy atom. The first-order valence-corrected chi connectivity index (χ1v) is 9.87. The van der Waals surface area contributed by atoms with Crippen LogP contribution in [0.15, 0.2) is 18.2 Å². The summed E-state index contributed by atoms with van der Waals surface area (Å²) in [5.41, 5.74) is -0.161. The summed E-state index contributed by atoms with van der Waals surface area (Å²) in [6.07, 6.45) is 0.500. The molecular weight excluding hydrogens is 411 g/mol. The highest BCUT2D eigenvalue weighted by Gasteiger charge is 2.73. The number of nitrogens with zero attached hydrogens (tertiary/aromatic N) is 1. The number of carbonyl (C=O) groups excluding carboxylic acids is 2. The first-order chi connectivity index (χ1) is 13.2. The predicted octanol–water partition coefficient (Wildman–Crippen LogP) is 4.24. The maximum absolute atomic E-state index is 13.6. The van der Waals surface area contributed by atoms with E-state index in [1.165, 1.54) is 4.90 Å². The van der Waals surface area contributed by atoms with Gasteiger partial charge in [0.05, 0.1) is 15.5 Å². The SMILES string of the molecule is CC[C@@H](NC(=O)c1cc2c(Cl)c(Cl)ccc2[nH]1)C(=O)N1CCC2(C1)CC2(F)F. The maximum Gasteiger partial charge on any atom is 0.268 e. The second kappa shape index (κ2) is 6.59. The minimum Gasteiger partial charge on any atom is -0.350 e. The highest BCUT2D eigenvalue weighted by Crippen LogP contribution is 2.65. The summed E-state index contributed by atoms with van der Waals surface area (Å²) in [6, 6.07) is 4.13. The zero-order valence-corrected chi connectivity index (χ0v) is 16.6. The summed E-state index contributed by atoms with van der Waals surface area (Å²) in [5, 5.41) is 4.02. The third-order valence-electron chi connectivity index (χ3n) is 5.82. The van der Waals surface area contributed by atoms with Crippen molar-refractivity contribution >= 4 is 45.9 Å². The van der Waals surface area contributed by atoms with Crippen LogP contribution in [0.1, 0.15) is 36.7 Å². The van der Waals surface area contributed by atoms with E-state index in [1.54, 1.807) is 25.1 Å². The summed E-state index contributed by atoms with van der Waals surface area (Å²) in [5.74, 6) is -3.47. The summed E-state index contributed by atoms with van der Waals surface area (Å²) in [6.45, 7) is 2.11. The summed E-state index contributed by atoms with van der Waals surface area (Å²) >= 11 is 12.2. The number of likely N-dealkylation sites (tertiary alicyclic amines) is 1. The van der Waals surface area contributed by atoms with Crippen molar-refractivity contribution < 1.29 is 18.4 Å². The maximum atomic E-state index is 13.6. The largest absolute Gasteiger partial charge is 0.350 e. The number of carbonyl (C=O) groups is 2. The van der Waals surface area contributed by atoms with E-state index in [0.29, 0.717) is 40.3 Å². The van der Waals surface area contributed by atoms with Gasteiger partial charge in [-0.25, -0.2) is 8.78 Å². The molecule has 150 valence electrons. The molecule has 9 heteroatoms. The van der Waals surface area contributed by atoms with Crippen molar-refractivity contribution in [2.24, 2.45) is 5.41 Å². The topological polar surface area (TPSA) is 65.2 Å². The Morgan fingerprint density at radius 1 is 1.36 bits per heavy atom. The smallest absolute Gasteiger partial charge is 0.268 e. The lowest BCUT2D eigenvalue weighted by Crippen LogP contribution is -2.47. The van der Waals surface area contributed by atoms with Crippen molar-refractivity contribution in [2.45, 2.75) is 38.2 Å². The van der Waals surface area contributed by atoms with Gasteiger partial charge in [-0.15, -0.1) is 0 Å². The molecule has 1 saturated carbocycles. The van der Waals surface area contributed by atoms with E-state index in [4.69, 9.17) is 23.2 Å². The molecule has 1 unspecified atom stereocenters. The number of halogens is 4. The zero-order valence-electron chi connectivity index (χ0n) is 15.1. The van der Waals surface area contributed by atoms with Gasteiger partial charge < -0.3 is 15.2 Å². The number of alkyl halides is 2. The van der Waals surface area contributed by atoms with Gasteiger partial charge in [-0.2, -0.15) is 0 Å². The number of aromatic nitrogens is 1. The molecule has 0 radical (unpaired) electrons. The number of nitrogens with one attached hydrogen (secondary N) is 2. The van der Waals surface area contributed by atoms with Gasteiger partial charge in [0.2, 0.25) is 5.91 Å². The third kappa shape index (κ3) is 3.05. The lowest BCUT2D eigenvalue weighted by atomic mass is 10.1. The van der Waals surface area contributed by atoms with E-state index < -0.39 is 23.3 Å². The predicted molar refractivity (Wildman–Crippen MR) is 103 cm³/mol. The van der Waals surface area contributed by atoms with Gasteiger partial charge in [0.1, 0.15) is 11.7 Å². The van der Waals surface area contributed by atoms with E-state index in [1.807, 2.05) is 0 Å². The Kier molecular flexibility index (Phi) is 4.58. The lowest BCUT2D eigenvalue weighted by molar-refractivity contribution is -0.132. The van der Waals surface area contributed by atoms with Gasteiger partial charge in [-0.1, -0.05) is 30.1 Å². The van der Waals surface area contributed by atoms with Crippen LogP contribution in [0.3, 0.4) is 0 Å². The van der Waals surface area contributed by atoms with E-state index in [2.05, 4.69) is 10.3 Å². The highest BCUT2D eigenvalue weighted by molar-refractivity contribution is 6.45. The minimum atomic E-state index is -2.68. The number of aromatic amines is 1. The van der Waals surface area contributed by atoms with Gasteiger partial charge >= 0.3 is 0 Å². The van der Waals surface area contributed by atoms with Crippen molar-refractivity contribution in [3.63, 3.8) is 0 Å². The Labute approximate surface area is 170 Å². The van der Waals surface area contributed by atoms with Crippen LogP contribution in [-0.2, 0) is 4.79 Å². The molecule has 1 aliphatic heterocycles. The van der Waals surface area contributed by atoms with Crippen LogP contribution in [0.25, 0.3) is 10.9 Å². The molecular formula is C19H19Cl2F2N3O2. The quantitative estimate of drug-likeness (QED) is 0.762. The highest BCUT2D eigenvalue weighted by atomic mass is 35.5. The average molecular weight is 430 g/mol. The molecule has 2 amide bonds. The lowest BCUT2D eigenvalue weighted by Gasteiger charge is -2.23. The van der Waals surface area contributed by atoms with Crippen LogP contribution in [0.2, 0.25) is 10.0 Å². The van der Waals surface area contributed by atoms with Crippen LogP contribution >= 0.6 is 23.2 Å². The summed E-state index contributed by atoms with van der Waals surface area (Å²) < 4.78 is 27.1. The number of benzene rings is 1. The zero-order chi connectivity index (χ0) is 20.3. The summed E-state index contributed by atoms with van der Waals surface area (Å²) in [4.78, 5) is 29.8. The molecule has 0 bridgehead atoms. The van der Waals surface area contributed by atoms with E-state index in [9.17, 15) is 18.4 Å². The van der Waals surface area contributed by atoms with E-state index >= 15 is 0 Å². The van der Waals surface area contributed by atoms with Gasteiger partial charge in [0.25, 0.3) is 11.8 Å². The van der Waals surface area contributed by atoms with Crippen LogP contribution in [-0.4, -0.2) is 46.8 Å². The normalized spacial score (nSPS) is 24.0. The van der Waals surface area contributed by atoms with Gasteiger partial charge in [-0.05, 0) is 31.0 Å². The number of amides is 2. The van der Waals surface area contributed by atoms with E-state index in [0.717, 1.165) is 0 Å². The van der Waals surface area contributed by atoms with Crippen LogP contribution in [0.4, 0.5) is 8.78 Å². The number of hydrogen-bond acceptors (Lipinski definition) is 2. The van der Waals surface area contributed by atoms with Crippen molar-refractivity contribution in [3.8, 4) is 0 Å². The number of H-pyrrole nitrogens is 1. The average Bonchev–Trinajstić information content (AvgIpc) is 3.05. The first-order valence-electron chi connectivity index (χ1n) is 9.12. The van der Waals surface area contributed by atoms with Crippen molar-refractivity contribution in [1.29, 1.82) is 0 Å². The Morgan fingerprint density at radius 2 is 2.07 bits per heavy atom. The fourth-order valence-electron chi connectivity index (χ4n) is 3.94. The molecule has 28 heavy (non-hydrogen) atoms. The molecule has 1 spiro atoms. The molecule has 5 nitrogen and oxygen atoms in total. The minimum absolute atomic E-state index is 0.0473. The van der Waals surface area contributed by atoms with E-state index in [-0.39, 0.29) is 24.6 Å². The van der Waals surface area contributed by atoms with Crippen molar-refractivity contribution in [1.82, 2.24) is 15.2 Å². The molecule has 1 aromatic heterocycles. The number of fused-ring (bicyclic) bond motifs is 1. The third-order valence-corrected chi connectivity index (χ3v) is 6.64. The van der Waals surface area contributed by atoms with Crippen LogP contribution in [0.5, 0.6) is 0 Å². The monoisotopic (exact) mass is 429 g/mol. The molecule has 1 saturated heterocycles. The molecule has 2 fully saturated rings. The Balaban J connectivity index is 1.47. The molecule has 4 rings (SSSR count). The second-order valence-electron chi connectivity index (χ2n) is 7.61. The molecule has 2 atom stereocenters. The van der Waals surface area contributed by atoms with Crippen molar-refractivity contribution in [3.05, 3.63) is 33.9 Å². The first kappa shape index (κ1) is 19.5. The Hall–Kier alpha value is -1.86. The molecule has 2 aliphatic rings. The molecule has 2 aromatic rings. The van der Waals surface area contributed by atoms with Crippen molar-refractivity contribution in [2.75, 3.05) is 13.1 Å². The molecule has 1 aromatic carbocycles. The van der Waals surface area contributed by atoms with Gasteiger partial charge in [0, 0.05) is 30.4 Å². The Bertz CT molecular complexity index is 977.